The lowest BCUT2D eigenvalue weighted by molar-refractivity contribution is -0.119. The second-order valence-electron chi connectivity index (χ2n) is 5.01. The first-order chi connectivity index (χ1) is 11.0. The van der Waals surface area contributed by atoms with Gasteiger partial charge in [0.15, 0.2) is 0 Å². The Morgan fingerprint density at radius 2 is 1.78 bits per heavy atom. The molecule has 0 aliphatic rings. The Bertz CT molecular complexity index is 689. The van der Waals surface area contributed by atoms with Gasteiger partial charge in [0.05, 0.1) is 5.69 Å². The predicted molar refractivity (Wildman–Crippen MR) is 95.3 cm³/mol. The highest BCUT2D eigenvalue weighted by Gasteiger charge is 2.16. The molecule has 0 spiro atoms. The molecule has 0 aliphatic carbocycles. The summed E-state index contributed by atoms with van der Waals surface area (Å²) in [7, 11) is 0. The van der Waals surface area contributed by atoms with E-state index in [1.54, 1.807) is 12.1 Å². The number of hydrogen-bond donors (Lipinski definition) is 2. The molecule has 23 heavy (non-hydrogen) atoms. The minimum Gasteiger partial charge on any atom is -0.350 e. The molecule has 0 aromatic heterocycles. The third-order valence-electron chi connectivity index (χ3n) is 3.20. The molecule has 1 amide bonds. The number of hydrogen-bond acceptors (Lipinski definition) is 2. The number of carbonyl (C=O) groups is 1. The van der Waals surface area contributed by atoms with Crippen molar-refractivity contribution in [3.63, 3.8) is 0 Å². The van der Waals surface area contributed by atoms with Crippen LogP contribution in [0.1, 0.15) is 11.1 Å². The van der Waals surface area contributed by atoms with Gasteiger partial charge in [-0.05, 0) is 36.8 Å². The van der Waals surface area contributed by atoms with Gasteiger partial charge >= 0.3 is 0 Å². The van der Waals surface area contributed by atoms with Crippen LogP contribution >= 0.6 is 15.9 Å². The summed E-state index contributed by atoms with van der Waals surface area (Å²) in [4.78, 5) is 12.0. The Kier molecular flexibility index (Phi) is 6.32. The molecular formula is C16H17BrN2O3S. The van der Waals surface area contributed by atoms with Gasteiger partial charge < -0.3 is 5.32 Å². The molecule has 2 rings (SSSR count). The topological polar surface area (TPSA) is 69.6 Å². The fraction of sp³-hybridized carbons (Fsp3) is 0.188. The van der Waals surface area contributed by atoms with Gasteiger partial charge in [-0.25, -0.2) is 4.21 Å². The van der Waals surface area contributed by atoms with E-state index in [2.05, 4.69) is 21.2 Å². The molecule has 2 aromatic rings. The van der Waals surface area contributed by atoms with Gasteiger partial charge in [0, 0.05) is 11.0 Å². The van der Waals surface area contributed by atoms with Crippen LogP contribution in [0, 0.1) is 6.92 Å². The highest BCUT2D eigenvalue weighted by molar-refractivity contribution is 9.10. The van der Waals surface area contributed by atoms with Crippen LogP contribution in [0.3, 0.4) is 0 Å². The average Bonchev–Trinajstić information content (AvgIpc) is 2.53. The highest BCUT2D eigenvalue weighted by atomic mass is 79.9. The zero-order chi connectivity index (χ0) is 16.8. The number of amides is 1. The van der Waals surface area contributed by atoms with E-state index >= 15 is 0 Å². The van der Waals surface area contributed by atoms with Crippen molar-refractivity contribution in [2.45, 2.75) is 13.5 Å². The normalized spacial score (nSPS) is 11.8. The number of benzene rings is 2. The van der Waals surface area contributed by atoms with Gasteiger partial charge in [-0.15, -0.1) is 0 Å². The summed E-state index contributed by atoms with van der Waals surface area (Å²) in [5, 5.41) is 2.74. The van der Waals surface area contributed by atoms with Crippen LogP contribution in [0.4, 0.5) is 5.69 Å². The molecule has 0 bridgehead atoms. The lowest BCUT2D eigenvalue weighted by atomic mass is 10.2. The zero-order valence-electron chi connectivity index (χ0n) is 12.5. The van der Waals surface area contributed by atoms with Crippen LogP contribution in [0.15, 0.2) is 53.0 Å². The molecular weight excluding hydrogens is 380 g/mol. The SMILES string of the molecule is Cc1ccc(N(CC(=O)NCc2ccc(Br)cc2)S(=O)O)cc1. The highest BCUT2D eigenvalue weighted by Crippen LogP contribution is 2.16. The van der Waals surface area contributed by atoms with E-state index < -0.39 is 11.3 Å². The van der Waals surface area contributed by atoms with E-state index in [9.17, 15) is 13.6 Å². The van der Waals surface area contributed by atoms with Crippen LogP contribution in [0.5, 0.6) is 0 Å². The van der Waals surface area contributed by atoms with Crippen LogP contribution in [-0.4, -0.2) is 21.2 Å². The smallest absolute Gasteiger partial charge is 0.262 e. The minimum atomic E-state index is -2.27. The van der Waals surface area contributed by atoms with Gasteiger partial charge in [-0.2, -0.15) is 0 Å². The van der Waals surface area contributed by atoms with Crippen molar-refractivity contribution in [2.24, 2.45) is 0 Å². The molecule has 122 valence electrons. The third-order valence-corrected chi connectivity index (χ3v) is 4.45. The van der Waals surface area contributed by atoms with Crippen molar-refractivity contribution >= 4 is 38.8 Å². The summed E-state index contributed by atoms with van der Waals surface area (Å²) in [6.07, 6.45) is 0. The minimum absolute atomic E-state index is 0.192. The zero-order valence-corrected chi connectivity index (χ0v) is 14.9. The maximum Gasteiger partial charge on any atom is 0.262 e. The largest absolute Gasteiger partial charge is 0.350 e. The molecule has 0 saturated carbocycles. The molecule has 0 fully saturated rings. The summed E-state index contributed by atoms with van der Waals surface area (Å²) in [6.45, 7) is 2.10. The molecule has 2 aromatic carbocycles. The summed E-state index contributed by atoms with van der Waals surface area (Å²) in [5.74, 6) is -0.323. The summed E-state index contributed by atoms with van der Waals surface area (Å²) >= 11 is 1.08. The quantitative estimate of drug-likeness (QED) is 0.737. The number of rotatable bonds is 6. The van der Waals surface area contributed by atoms with E-state index in [0.29, 0.717) is 12.2 Å². The van der Waals surface area contributed by atoms with Crippen molar-refractivity contribution < 1.29 is 13.6 Å². The molecule has 2 N–H and O–H groups in total. The van der Waals surface area contributed by atoms with E-state index in [0.717, 1.165) is 19.9 Å². The Balaban J connectivity index is 1.96. The molecule has 0 heterocycles. The van der Waals surface area contributed by atoms with Gasteiger partial charge in [0.25, 0.3) is 11.3 Å². The van der Waals surface area contributed by atoms with Crippen molar-refractivity contribution in [3.05, 3.63) is 64.1 Å². The maximum atomic E-state index is 12.0. The molecule has 0 aliphatic heterocycles. The van der Waals surface area contributed by atoms with Crippen LogP contribution in [-0.2, 0) is 22.6 Å². The van der Waals surface area contributed by atoms with Crippen molar-refractivity contribution in [3.8, 4) is 0 Å². The second-order valence-corrected chi connectivity index (χ2v) is 6.82. The number of anilines is 1. The monoisotopic (exact) mass is 396 g/mol. The van der Waals surface area contributed by atoms with Gasteiger partial charge in [0.1, 0.15) is 6.54 Å². The number of carbonyl (C=O) groups excluding carboxylic acids is 1. The second kappa shape index (κ2) is 8.24. The number of nitrogens with one attached hydrogen (secondary N) is 1. The van der Waals surface area contributed by atoms with Crippen LogP contribution in [0.25, 0.3) is 0 Å². The molecule has 0 radical (unpaired) electrons. The van der Waals surface area contributed by atoms with Gasteiger partial charge in [-0.3, -0.25) is 13.7 Å². The van der Waals surface area contributed by atoms with Gasteiger partial charge in [0.2, 0.25) is 5.91 Å². The summed E-state index contributed by atoms with van der Waals surface area (Å²) in [5.41, 5.74) is 2.51. The van der Waals surface area contributed by atoms with E-state index in [-0.39, 0.29) is 12.5 Å². The predicted octanol–water partition coefficient (Wildman–Crippen LogP) is 3.02. The van der Waals surface area contributed by atoms with Crippen molar-refractivity contribution in [1.82, 2.24) is 5.32 Å². The third kappa shape index (κ3) is 5.46. The van der Waals surface area contributed by atoms with Crippen molar-refractivity contribution in [2.75, 3.05) is 10.8 Å². The summed E-state index contributed by atoms with van der Waals surface area (Å²) in [6, 6.07) is 14.7. The van der Waals surface area contributed by atoms with Crippen molar-refractivity contribution in [1.29, 1.82) is 0 Å². The van der Waals surface area contributed by atoms with E-state index in [1.807, 2.05) is 43.3 Å². The Morgan fingerprint density at radius 3 is 2.35 bits per heavy atom. The standard InChI is InChI=1S/C16H17BrN2O3S/c1-12-2-8-15(9-3-12)19(23(21)22)11-16(20)18-10-13-4-6-14(17)7-5-13/h2-9H,10-11H2,1H3,(H,18,20)(H,21,22). The Labute approximate surface area is 146 Å². The van der Waals surface area contributed by atoms with Gasteiger partial charge in [-0.1, -0.05) is 45.8 Å². The van der Waals surface area contributed by atoms with E-state index in [1.165, 1.54) is 0 Å². The van der Waals surface area contributed by atoms with Crippen LogP contribution in [0.2, 0.25) is 0 Å². The fourth-order valence-electron chi connectivity index (χ4n) is 1.94. The lowest BCUT2D eigenvalue weighted by Crippen LogP contribution is -2.37. The number of nitrogens with zero attached hydrogens (tertiary/aromatic N) is 1. The maximum absolute atomic E-state index is 12.0. The fourth-order valence-corrected chi connectivity index (χ4v) is 2.73. The number of halogens is 1. The molecule has 1 atom stereocenters. The first-order valence-corrected chi connectivity index (χ1v) is 8.77. The van der Waals surface area contributed by atoms with E-state index in [4.69, 9.17) is 0 Å². The Morgan fingerprint density at radius 1 is 1.17 bits per heavy atom. The first-order valence-electron chi connectivity index (χ1n) is 6.92. The molecule has 5 nitrogen and oxygen atoms in total. The summed E-state index contributed by atoms with van der Waals surface area (Å²) < 4.78 is 23.0. The lowest BCUT2D eigenvalue weighted by Gasteiger charge is -2.19. The number of aryl methyl sites for hydroxylation is 1. The Hall–Kier alpha value is -1.70. The van der Waals surface area contributed by atoms with Crippen LogP contribution < -0.4 is 9.62 Å². The molecule has 7 heteroatoms. The average molecular weight is 397 g/mol. The molecule has 0 saturated heterocycles. The first kappa shape index (κ1) is 17.7. The molecule has 1 unspecified atom stereocenters.